The van der Waals surface area contributed by atoms with Gasteiger partial charge in [0.1, 0.15) is 5.75 Å². The highest BCUT2D eigenvalue weighted by atomic mass is 16.3. The first-order valence-corrected chi connectivity index (χ1v) is 6.78. The molecule has 1 aliphatic rings. The molecule has 0 spiro atoms. The first-order valence-electron chi connectivity index (χ1n) is 6.78. The van der Waals surface area contributed by atoms with Gasteiger partial charge in [0.05, 0.1) is 6.20 Å². The summed E-state index contributed by atoms with van der Waals surface area (Å²) in [5, 5.41) is 9.73. The van der Waals surface area contributed by atoms with Crippen LogP contribution in [0.2, 0.25) is 0 Å². The molecule has 0 amide bonds. The second-order valence-corrected chi connectivity index (χ2v) is 5.15. The first kappa shape index (κ1) is 13.6. The summed E-state index contributed by atoms with van der Waals surface area (Å²) in [6.07, 6.45) is 14.5. The van der Waals surface area contributed by atoms with Crippen molar-refractivity contribution in [3.8, 4) is 5.75 Å². The average molecular weight is 255 g/mol. The molecule has 1 aliphatic carbocycles. The van der Waals surface area contributed by atoms with E-state index in [0.29, 0.717) is 0 Å². The molecule has 0 saturated heterocycles. The number of pyridine rings is 1. The van der Waals surface area contributed by atoms with Gasteiger partial charge in [-0.1, -0.05) is 31.2 Å². The smallest absolute Gasteiger partial charge is 0.137 e. The van der Waals surface area contributed by atoms with Gasteiger partial charge in [-0.15, -0.1) is 0 Å². The molecule has 2 nitrogen and oxygen atoms in total. The SMILES string of the molecule is C/C(=C\C(C)c1cncc(O)c1C)C1=CCCC=C1. The van der Waals surface area contributed by atoms with Gasteiger partial charge in [-0.3, -0.25) is 4.98 Å². The summed E-state index contributed by atoms with van der Waals surface area (Å²) in [5.41, 5.74) is 4.59. The molecule has 19 heavy (non-hydrogen) atoms. The van der Waals surface area contributed by atoms with Gasteiger partial charge in [-0.05, 0) is 49.0 Å². The molecule has 0 bridgehead atoms. The van der Waals surface area contributed by atoms with Crippen LogP contribution in [0, 0.1) is 6.92 Å². The van der Waals surface area contributed by atoms with Crippen molar-refractivity contribution in [3.63, 3.8) is 0 Å². The molecular formula is C17H21NO. The predicted molar refractivity (Wildman–Crippen MR) is 79.3 cm³/mol. The number of aromatic hydroxyl groups is 1. The van der Waals surface area contributed by atoms with E-state index in [9.17, 15) is 5.11 Å². The van der Waals surface area contributed by atoms with Crippen molar-refractivity contribution >= 4 is 0 Å². The quantitative estimate of drug-likeness (QED) is 0.867. The predicted octanol–water partition coefficient (Wildman–Crippen LogP) is 4.42. The second kappa shape index (κ2) is 5.87. The fourth-order valence-corrected chi connectivity index (χ4v) is 2.46. The lowest BCUT2D eigenvalue weighted by Gasteiger charge is -2.14. The van der Waals surface area contributed by atoms with Crippen molar-refractivity contribution in [2.24, 2.45) is 0 Å². The minimum absolute atomic E-state index is 0.246. The van der Waals surface area contributed by atoms with Gasteiger partial charge in [0.25, 0.3) is 0 Å². The van der Waals surface area contributed by atoms with Gasteiger partial charge in [0, 0.05) is 12.1 Å². The molecule has 1 heterocycles. The Balaban J connectivity index is 2.24. The van der Waals surface area contributed by atoms with Crippen molar-refractivity contribution in [2.75, 3.05) is 0 Å². The zero-order valence-electron chi connectivity index (χ0n) is 11.9. The van der Waals surface area contributed by atoms with Crippen molar-refractivity contribution in [1.29, 1.82) is 0 Å². The van der Waals surface area contributed by atoms with Crippen LogP contribution in [-0.2, 0) is 0 Å². The van der Waals surface area contributed by atoms with Crippen LogP contribution in [0.25, 0.3) is 0 Å². The molecule has 2 rings (SSSR count). The van der Waals surface area contributed by atoms with Crippen LogP contribution < -0.4 is 0 Å². The van der Waals surface area contributed by atoms with Crippen molar-refractivity contribution in [1.82, 2.24) is 4.98 Å². The molecule has 1 atom stereocenters. The summed E-state index contributed by atoms with van der Waals surface area (Å²) in [7, 11) is 0. The van der Waals surface area contributed by atoms with Gasteiger partial charge in [-0.25, -0.2) is 0 Å². The highest BCUT2D eigenvalue weighted by Crippen LogP contribution is 2.28. The third kappa shape index (κ3) is 3.14. The van der Waals surface area contributed by atoms with Crippen LogP contribution in [0.5, 0.6) is 5.75 Å². The molecule has 0 fully saturated rings. The van der Waals surface area contributed by atoms with E-state index in [1.165, 1.54) is 17.3 Å². The van der Waals surface area contributed by atoms with E-state index in [1.54, 1.807) is 0 Å². The molecule has 0 aromatic carbocycles. The molecule has 1 N–H and O–H groups in total. The Labute approximate surface area is 115 Å². The summed E-state index contributed by atoms with van der Waals surface area (Å²) in [6.45, 7) is 6.22. The molecule has 2 heteroatoms. The minimum Gasteiger partial charge on any atom is -0.506 e. The van der Waals surface area contributed by atoms with E-state index in [1.807, 2.05) is 13.1 Å². The first-order chi connectivity index (χ1) is 9.09. The number of allylic oxidation sites excluding steroid dienone is 6. The molecule has 0 saturated carbocycles. The Morgan fingerprint density at radius 3 is 2.84 bits per heavy atom. The molecule has 1 aromatic heterocycles. The molecule has 0 aliphatic heterocycles. The van der Waals surface area contributed by atoms with Crippen molar-refractivity contribution in [2.45, 2.75) is 39.5 Å². The largest absolute Gasteiger partial charge is 0.506 e. The number of hydrogen-bond donors (Lipinski definition) is 1. The third-order valence-electron chi connectivity index (χ3n) is 3.67. The van der Waals surface area contributed by atoms with E-state index >= 15 is 0 Å². The summed E-state index contributed by atoms with van der Waals surface area (Å²) >= 11 is 0. The molecule has 1 unspecified atom stereocenters. The van der Waals surface area contributed by atoms with Gasteiger partial charge >= 0.3 is 0 Å². The standard InChI is InChI=1S/C17H21NO/c1-12(15-7-5-4-6-8-15)9-13(2)16-10-18-11-17(19)14(16)3/h5,7-11,13,19H,4,6H2,1-3H3/b12-9+. The second-order valence-electron chi connectivity index (χ2n) is 5.15. The summed E-state index contributed by atoms with van der Waals surface area (Å²) < 4.78 is 0. The maximum Gasteiger partial charge on any atom is 0.137 e. The van der Waals surface area contributed by atoms with E-state index in [2.05, 4.69) is 43.1 Å². The Morgan fingerprint density at radius 2 is 2.16 bits per heavy atom. The van der Waals surface area contributed by atoms with Crippen LogP contribution in [0.4, 0.5) is 0 Å². The normalized spacial score (nSPS) is 17.2. The van der Waals surface area contributed by atoms with Crippen LogP contribution in [0.15, 0.2) is 47.8 Å². The molecule has 0 radical (unpaired) electrons. The maximum atomic E-state index is 9.73. The topological polar surface area (TPSA) is 33.1 Å². The minimum atomic E-state index is 0.246. The molecule has 1 aromatic rings. The van der Waals surface area contributed by atoms with Crippen molar-refractivity contribution < 1.29 is 5.11 Å². The fourth-order valence-electron chi connectivity index (χ4n) is 2.46. The van der Waals surface area contributed by atoms with Crippen molar-refractivity contribution in [3.05, 3.63) is 59.0 Å². The zero-order valence-corrected chi connectivity index (χ0v) is 11.9. The Morgan fingerprint density at radius 1 is 1.37 bits per heavy atom. The third-order valence-corrected chi connectivity index (χ3v) is 3.67. The molecule has 100 valence electrons. The molecular weight excluding hydrogens is 234 g/mol. The van der Waals surface area contributed by atoms with E-state index in [-0.39, 0.29) is 11.7 Å². The average Bonchev–Trinajstić information content (AvgIpc) is 2.42. The van der Waals surface area contributed by atoms with Crippen LogP contribution >= 0.6 is 0 Å². The number of rotatable bonds is 3. The Kier molecular flexibility index (Phi) is 4.20. The lowest BCUT2D eigenvalue weighted by molar-refractivity contribution is 0.467. The monoisotopic (exact) mass is 255 g/mol. The Hall–Kier alpha value is -1.83. The maximum absolute atomic E-state index is 9.73. The van der Waals surface area contributed by atoms with E-state index in [4.69, 9.17) is 0 Å². The highest BCUT2D eigenvalue weighted by Gasteiger charge is 2.10. The van der Waals surface area contributed by atoms with Gasteiger partial charge in [0.15, 0.2) is 0 Å². The van der Waals surface area contributed by atoms with Gasteiger partial charge in [-0.2, -0.15) is 0 Å². The summed E-state index contributed by atoms with van der Waals surface area (Å²) in [6, 6.07) is 0. The van der Waals surface area contributed by atoms with Crippen LogP contribution in [0.3, 0.4) is 0 Å². The number of nitrogens with zero attached hydrogens (tertiary/aromatic N) is 1. The van der Waals surface area contributed by atoms with Crippen LogP contribution in [-0.4, -0.2) is 10.1 Å². The Bertz CT molecular complexity index is 552. The lowest BCUT2D eigenvalue weighted by Crippen LogP contribution is -1.97. The number of aromatic nitrogens is 1. The zero-order chi connectivity index (χ0) is 13.8. The fraction of sp³-hybridized carbons (Fsp3) is 0.353. The van der Waals surface area contributed by atoms with Crippen LogP contribution in [0.1, 0.15) is 43.7 Å². The summed E-state index contributed by atoms with van der Waals surface area (Å²) in [5.74, 6) is 0.517. The van der Waals surface area contributed by atoms with Gasteiger partial charge in [0.2, 0.25) is 0 Å². The highest BCUT2D eigenvalue weighted by molar-refractivity contribution is 5.44. The van der Waals surface area contributed by atoms with E-state index in [0.717, 1.165) is 24.0 Å². The lowest BCUT2D eigenvalue weighted by atomic mass is 9.92. The summed E-state index contributed by atoms with van der Waals surface area (Å²) in [4.78, 5) is 4.08. The number of hydrogen-bond acceptors (Lipinski definition) is 2. The van der Waals surface area contributed by atoms with Gasteiger partial charge < -0.3 is 5.11 Å². The van der Waals surface area contributed by atoms with E-state index < -0.39 is 0 Å².